The zero-order chi connectivity index (χ0) is 27.9. The van der Waals surface area contributed by atoms with Crippen LogP contribution in [0.3, 0.4) is 0 Å². The van der Waals surface area contributed by atoms with Gasteiger partial charge in [-0.3, -0.25) is 9.59 Å². The van der Waals surface area contributed by atoms with Crippen molar-refractivity contribution in [2.75, 3.05) is 41.7 Å². The first-order chi connectivity index (χ1) is 19.5. The molecule has 1 saturated heterocycles. The Balaban J connectivity index is 1.18. The van der Waals surface area contributed by atoms with Crippen LogP contribution in [0.5, 0.6) is 0 Å². The van der Waals surface area contributed by atoms with E-state index in [1.54, 1.807) is 6.33 Å². The van der Waals surface area contributed by atoms with E-state index >= 15 is 0 Å². The van der Waals surface area contributed by atoms with Crippen molar-refractivity contribution in [1.29, 1.82) is 0 Å². The van der Waals surface area contributed by atoms with Crippen molar-refractivity contribution in [3.63, 3.8) is 0 Å². The lowest BCUT2D eigenvalue weighted by Gasteiger charge is -2.34. The summed E-state index contributed by atoms with van der Waals surface area (Å²) in [5.41, 5.74) is 3.49. The molecule has 3 aliphatic rings. The fourth-order valence-electron chi connectivity index (χ4n) is 6.62. The molecule has 2 fully saturated rings. The van der Waals surface area contributed by atoms with Crippen LogP contribution in [0.4, 0.5) is 17.5 Å². The Bertz CT molecular complexity index is 1170. The Labute approximate surface area is 237 Å². The highest BCUT2D eigenvalue weighted by Crippen LogP contribution is 2.34. The normalized spacial score (nSPS) is 18.7. The average molecular weight is 549 g/mol. The third-order valence-corrected chi connectivity index (χ3v) is 9.05. The minimum atomic E-state index is -0.942. The summed E-state index contributed by atoms with van der Waals surface area (Å²) in [4.78, 5) is 40.9. The third kappa shape index (κ3) is 6.91. The summed E-state index contributed by atoms with van der Waals surface area (Å²) in [6.45, 7) is 5.01. The SMILES string of the molecule is CCc1c(NC[C@H](CC(=O)CCC2CCCC2)C(=O)O)ncnc1N1CCC(c2ccc3c(n2)NCCC3)CC1. The van der Waals surface area contributed by atoms with E-state index < -0.39 is 11.9 Å². The topological polar surface area (TPSA) is 120 Å². The second-order valence-electron chi connectivity index (χ2n) is 11.8. The zero-order valence-corrected chi connectivity index (χ0v) is 23.8. The standard InChI is InChI=1S/C31H44N6O3/c1-2-26-29(33-19-24(31(39)40)18-25(38)11-9-21-6-3-4-7-21)34-20-35-30(26)37-16-13-22(14-17-37)27-12-10-23-8-5-15-32-28(23)36-27/h10,12,20-22,24H,2-9,11,13-19H2,1H3,(H,32,36)(H,39,40)(H,33,34,35)/t24-/m0/s1. The number of pyridine rings is 1. The molecule has 1 aliphatic carbocycles. The quantitative estimate of drug-likeness (QED) is 0.328. The summed E-state index contributed by atoms with van der Waals surface area (Å²) in [5, 5.41) is 16.5. The number of hydrogen-bond donors (Lipinski definition) is 3. The van der Waals surface area contributed by atoms with Gasteiger partial charge in [-0.05, 0) is 56.1 Å². The largest absolute Gasteiger partial charge is 0.481 e. The predicted molar refractivity (Wildman–Crippen MR) is 157 cm³/mol. The van der Waals surface area contributed by atoms with Crippen LogP contribution in [0, 0.1) is 11.8 Å². The Morgan fingerprint density at radius 2 is 1.93 bits per heavy atom. The van der Waals surface area contributed by atoms with Gasteiger partial charge >= 0.3 is 5.97 Å². The van der Waals surface area contributed by atoms with Crippen molar-refractivity contribution in [3.05, 3.63) is 35.3 Å². The molecule has 2 aromatic rings. The Kier molecular flexibility index (Phi) is 9.49. The maximum absolute atomic E-state index is 12.6. The van der Waals surface area contributed by atoms with E-state index in [1.807, 2.05) is 0 Å². The summed E-state index contributed by atoms with van der Waals surface area (Å²) in [6, 6.07) is 4.44. The number of piperidine rings is 1. The van der Waals surface area contributed by atoms with Crippen molar-refractivity contribution in [1.82, 2.24) is 15.0 Å². The van der Waals surface area contributed by atoms with Gasteiger partial charge in [0.1, 0.15) is 29.6 Å². The number of nitrogens with zero attached hydrogens (tertiary/aromatic N) is 4. The molecule has 0 aromatic carbocycles. The van der Waals surface area contributed by atoms with Gasteiger partial charge in [-0.2, -0.15) is 0 Å². The van der Waals surface area contributed by atoms with Gasteiger partial charge in [0.15, 0.2) is 0 Å². The molecule has 0 bridgehead atoms. The molecule has 2 aromatic heterocycles. The first-order valence-corrected chi connectivity index (χ1v) is 15.3. The van der Waals surface area contributed by atoms with E-state index in [-0.39, 0.29) is 18.7 Å². The molecule has 0 unspecified atom stereocenters. The van der Waals surface area contributed by atoms with Gasteiger partial charge < -0.3 is 20.6 Å². The fraction of sp³-hybridized carbons (Fsp3) is 0.645. The van der Waals surface area contributed by atoms with Gasteiger partial charge in [-0.15, -0.1) is 0 Å². The van der Waals surface area contributed by atoms with Gasteiger partial charge in [0.05, 0.1) is 5.92 Å². The number of carbonyl (C=O) groups is 2. The second-order valence-corrected chi connectivity index (χ2v) is 11.8. The minimum absolute atomic E-state index is 0.0484. The number of carboxylic acid groups (broad SMARTS) is 1. The predicted octanol–water partition coefficient (Wildman–Crippen LogP) is 5.22. The molecule has 4 heterocycles. The molecule has 1 saturated carbocycles. The maximum atomic E-state index is 12.6. The van der Waals surface area contributed by atoms with Crippen molar-refractivity contribution in [3.8, 4) is 0 Å². The summed E-state index contributed by atoms with van der Waals surface area (Å²) in [5.74, 6) is 2.04. The van der Waals surface area contributed by atoms with E-state index in [0.717, 1.165) is 75.4 Å². The highest BCUT2D eigenvalue weighted by molar-refractivity contribution is 5.84. The highest BCUT2D eigenvalue weighted by atomic mass is 16.4. The number of fused-ring (bicyclic) bond motifs is 1. The van der Waals surface area contributed by atoms with Crippen LogP contribution < -0.4 is 15.5 Å². The van der Waals surface area contributed by atoms with Crippen molar-refractivity contribution < 1.29 is 14.7 Å². The van der Waals surface area contributed by atoms with Crippen LogP contribution in [-0.4, -0.2) is 58.0 Å². The Morgan fingerprint density at radius 1 is 1.12 bits per heavy atom. The maximum Gasteiger partial charge on any atom is 0.308 e. The number of aromatic nitrogens is 3. The number of nitrogens with one attached hydrogen (secondary N) is 2. The molecule has 9 heteroatoms. The number of Topliss-reactive ketones (excluding diaryl/α,β-unsaturated/α-hetero) is 1. The first kappa shape index (κ1) is 28.3. The molecule has 9 nitrogen and oxygen atoms in total. The van der Waals surface area contributed by atoms with E-state index in [4.69, 9.17) is 4.98 Å². The van der Waals surface area contributed by atoms with E-state index in [0.29, 0.717) is 24.1 Å². The summed E-state index contributed by atoms with van der Waals surface area (Å²) in [7, 11) is 0. The molecule has 5 rings (SSSR count). The number of ketones is 1. The van der Waals surface area contributed by atoms with Gasteiger partial charge in [0.2, 0.25) is 0 Å². The van der Waals surface area contributed by atoms with Crippen LogP contribution in [-0.2, 0) is 22.4 Å². The Morgan fingerprint density at radius 3 is 2.67 bits per heavy atom. The van der Waals surface area contributed by atoms with Gasteiger partial charge in [0.25, 0.3) is 0 Å². The number of hydrogen-bond acceptors (Lipinski definition) is 8. The lowest BCUT2D eigenvalue weighted by Crippen LogP contribution is -2.35. The van der Waals surface area contributed by atoms with Crippen molar-refractivity contribution in [2.45, 2.75) is 89.9 Å². The average Bonchev–Trinajstić information content (AvgIpc) is 3.51. The fourth-order valence-corrected chi connectivity index (χ4v) is 6.62. The summed E-state index contributed by atoms with van der Waals surface area (Å²) < 4.78 is 0. The van der Waals surface area contributed by atoms with E-state index in [1.165, 1.54) is 36.9 Å². The number of carboxylic acids is 1. The van der Waals surface area contributed by atoms with Gasteiger partial charge in [-0.1, -0.05) is 38.7 Å². The number of carbonyl (C=O) groups excluding carboxylic acids is 1. The molecule has 3 N–H and O–H groups in total. The molecule has 216 valence electrons. The highest BCUT2D eigenvalue weighted by Gasteiger charge is 2.27. The van der Waals surface area contributed by atoms with Gasteiger partial charge in [-0.25, -0.2) is 15.0 Å². The molecular weight excluding hydrogens is 504 g/mol. The van der Waals surface area contributed by atoms with Crippen molar-refractivity contribution >= 4 is 29.2 Å². The molecule has 0 radical (unpaired) electrons. The first-order valence-electron chi connectivity index (χ1n) is 15.3. The van der Waals surface area contributed by atoms with Crippen LogP contribution in [0.25, 0.3) is 0 Å². The third-order valence-electron chi connectivity index (χ3n) is 9.05. The molecule has 0 spiro atoms. The van der Waals surface area contributed by atoms with Crippen molar-refractivity contribution in [2.24, 2.45) is 11.8 Å². The minimum Gasteiger partial charge on any atom is -0.481 e. The Hall–Kier alpha value is -3.23. The van der Waals surface area contributed by atoms with E-state index in [9.17, 15) is 14.7 Å². The second kappa shape index (κ2) is 13.4. The number of aryl methyl sites for hydroxylation is 1. The van der Waals surface area contributed by atoms with Gasteiger partial charge in [0, 0.05) is 56.2 Å². The summed E-state index contributed by atoms with van der Waals surface area (Å²) in [6.07, 6.45) is 12.9. The monoisotopic (exact) mass is 548 g/mol. The zero-order valence-electron chi connectivity index (χ0n) is 23.8. The molecule has 1 atom stereocenters. The smallest absolute Gasteiger partial charge is 0.308 e. The molecule has 0 amide bonds. The molecular formula is C31H44N6O3. The van der Waals surface area contributed by atoms with Crippen LogP contribution >= 0.6 is 0 Å². The van der Waals surface area contributed by atoms with E-state index in [2.05, 4.69) is 44.6 Å². The lowest BCUT2D eigenvalue weighted by molar-refractivity contribution is -0.143. The number of rotatable bonds is 12. The van der Waals surface area contributed by atoms with Crippen LogP contribution in [0.1, 0.15) is 93.9 Å². The van der Waals surface area contributed by atoms with Crippen LogP contribution in [0.15, 0.2) is 18.5 Å². The summed E-state index contributed by atoms with van der Waals surface area (Å²) >= 11 is 0. The lowest BCUT2D eigenvalue weighted by atomic mass is 9.92. The number of anilines is 3. The molecule has 2 aliphatic heterocycles. The number of aliphatic carboxylic acids is 1. The molecule has 40 heavy (non-hydrogen) atoms. The van der Waals surface area contributed by atoms with Crippen LogP contribution in [0.2, 0.25) is 0 Å².